The summed E-state index contributed by atoms with van der Waals surface area (Å²) in [6, 6.07) is 5.64. The first kappa shape index (κ1) is 7.28. The highest BCUT2D eigenvalue weighted by Crippen LogP contribution is 2.19. The van der Waals surface area contributed by atoms with E-state index in [-0.39, 0.29) is 5.95 Å². The van der Waals surface area contributed by atoms with Gasteiger partial charge >= 0.3 is 0 Å². The Kier molecular flexibility index (Phi) is 1.40. The second-order valence-electron chi connectivity index (χ2n) is 2.88. The molecule has 2 nitrogen and oxygen atoms in total. The molecule has 0 amide bonds. The molecule has 0 spiro atoms. The third-order valence-electron chi connectivity index (χ3n) is 2.04. The van der Waals surface area contributed by atoms with E-state index in [9.17, 15) is 4.39 Å². The van der Waals surface area contributed by atoms with Crippen LogP contribution in [0.4, 0.5) is 4.39 Å². The quantitative estimate of drug-likeness (QED) is 0.582. The van der Waals surface area contributed by atoms with E-state index in [4.69, 9.17) is 0 Å². The summed E-state index contributed by atoms with van der Waals surface area (Å²) in [6.07, 6.45) is 0. The average Bonchev–Trinajstić information content (AvgIpc) is 2.29. The number of benzene rings is 1. The Morgan fingerprint density at radius 1 is 1.42 bits per heavy atom. The summed E-state index contributed by atoms with van der Waals surface area (Å²) in [4.78, 5) is 0. The van der Waals surface area contributed by atoms with Crippen molar-refractivity contribution in [1.29, 1.82) is 0 Å². The molecule has 2 rings (SSSR count). The third-order valence-corrected chi connectivity index (χ3v) is 2.04. The van der Waals surface area contributed by atoms with E-state index < -0.39 is 0 Å². The molecular formula is C9H9FN2. The fourth-order valence-corrected chi connectivity index (χ4v) is 1.43. The van der Waals surface area contributed by atoms with Crippen LogP contribution in [0.15, 0.2) is 18.2 Å². The van der Waals surface area contributed by atoms with Gasteiger partial charge in [0.2, 0.25) is 5.95 Å². The molecule has 12 heavy (non-hydrogen) atoms. The summed E-state index contributed by atoms with van der Waals surface area (Å²) in [5, 5.41) is 4.33. The van der Waals surface area contributed by atoms with Gasteiger partial charge in [0, 0.05) is 7.05 Å². The molecule has 2 aromatic rings. The minimum Gasteiger partial charge on any atom is -0.265 e. The van der Waals surface area contributed by atoms with Crippen molar-refractivity contribution in [2.24, 2.45) is 7.05 Å². The Labute approximate surface area is 69.6 Å². The van der Waals surface area contributed by atoms with Gasteiger partial charge in [0.1, 0.15) is 0 Å². The Bertz CT molecular complexity index is 431. The van der Waals surface area contributed by atoms with Crippen LogP contribution in [0.5, 0.6) is 0 Å². The average molecular weight is 164 g/mol. The zero-order valence-corrected chi connectivity index (χ0v) is 7.00. The lowest BCUT2D eigenvalue weighted by Crippen LogP contribution is -1.88. The Morgan fingerprint density at radius 2 is 2.17 bits per heavy atom. The Hall–Kier alpha value is -1.38. The topological polar surface area (TPSA) is 17.8 Å². The van der Waals surface area contributed by atoms with Crippen LogP contribution >= 0.6 is 0 Å². The van der Waals surface area contributed by atoms with Crippen molar-refractivity contribution in [3.8, 4) is 0 Å². The van der Waals surface area contributed by atoms with E-state index in [0.29, 0.717) is 5.39 Å². The maximum absolute atomic E-state index is 13.1. The molecule has 0 saturated carbocycles. The van der Waals surface area contributed by atoms with Gasteiger partial charge in [-0.25, -0.2) is 0 Å². The number of aromatic nitrogens is 2. The highest BCUT2D eigenvalue weighted by molar-refractivity contribution is 5.82. The molecule has 0 bridgehead atoms. The summed E-state index contributed by atoms with van der Waals surface area (Å²) >= 11 is 0. The van der Waals surface area contributed by atoms with Gasteiger partial charge in [0.15, 0.2) is 0 Å². The van der Waals surface area contributed by atoms with E-state index in [1.807, 2.05) is 25.1 Å². The number of hydrogen-bond donors (Lipinski definition) is 0. The second-order valence-corrected chi connectivity index (χ2v) is 2.88. The van der Waals surface area contributed by atoms with E-state index in [1.165, 1.54) is 0 Å². The van der Waals surface area contributed by atoms with Crippen molar-refractivity contribution in [1.82, 2.24) is 9.78 Å². The Morgan fingerprint density at radius 3 is 2.83 bits per heavy atom. The molecule has 0 N–H and O–H groups in total. The van der Waals surface area contributed by atoms with Crippen molar-refractivity contribution in [3.05, 3.63) is 29.7 Å². The lowest BCUT2D eigenvalue weighted by Gasteiger charge is -1.94. The van der Waals surface area contributed by atoms with E-state index in [0.717, 1.165) is 11.1 Å². The van der Waals surface area contributed by atoms with Crippen LogP contribution in [0.3, 0.4) is 0 Å². The summed E-state index contributed by atoms with van der Waals surface area (Å²) < 4.78 is 14.7. The fourth-order valence-electron chi connectivity index (χ4n) is 1.43. The molecule has 0 saturated heterocycles. The van der Waals surface area contributed by atoms with Gasteiger partial charge in [-0.15, -0.1) is 5.10 Å². The maximum atomic E-state index is 13.1. The van der Waals surface area contributed by atoms with Gasteiger partial charge in [0.25, 0.3) is 0 Å². The number of nitrogens with zero attached hydrogens (tertiary/aromatic N) is 2. The second kappa shape index (κ2) is 2.30. The van der Waals surface area contributed by atoms with Crippen LogP contribution in [-0.2, 0) is 7.05 Å². The van der Waals surface area contributed by atoms with E-state index in [2.05, 4.69) is 5.10 Å². The molecule has 0 unspecified atom stereocenters. The first-order valence-corrected chi connectivity index (χ1v) is 3.78. The summed E-state index contributed by atoms with van der Waals surface area (Å²) in [7, 11) is 1.74. The van der Waals surface area contributed by atoms with Crippen LogP contribution in [0.25, 0.3) is 10.9 Å². The molecule has 62 valence electrons. The smallest absolute Gasteiger partial charge is 0.240 e. The normalized spacial score (nSPS) is 10.9. The highest BCUT2D eigenvalue weighted by atomic mass is 19.1. The summed E-state index contributed by atoms with van der Waals surface area (Å²) in [5.41, 5.74) is 1.77. The SMILES string of the molecule is Cc1cccc2c1c(F)nn2C. The van der Waals surface area contributed by atoms with Gasteiger partial charge < -0.3 is 0 Å². The number of halogens is 1. The van der Waals surface area contributed by atoms with E-state index in [1.54, 1.807) is 11.7 Å². The van der Waals surface area contributed by atoms with E-state index >= 15 is 0 Å². The molecule has 0 aliphatic rings. The molecular weight excluding hydrogens is 155 g/mol. The van der Waals surface area contributed by atoms with Crippen LogP contribution < -0.4 is 0 Å². The lowest BCUT2D eigenvalue weighted by molar-refractivity contribution is 0.561. The van der Waals surface area contributed by atoms with Crippen LogP contribution in [-0.4, -0.2) is 9.78 Å². The standard InChI is InChI=1S/C9H9FN2/c1-6-4-3-5-7-8(6)9(10)11-12(7)2/h3-5H,1-2H3. The van der Waals surface area contributed by atoms with Gasteiger partial charge in [-0.3, -0.25) is 4.68 Å². The number of aryl methyl sites for hydroxylation is 2. The molecule has 0 aliphatic heterocycles. The van der Waals surface area contributed by atoms with Crippen LogP contribution in [0, 0.1) is 12.9 Å². The highest BCUT2D eigenvalue weighted by Gasteiger charge is 2.08. The minimum atomic E-state index is -0.384. The zero-order chi connectivity index (χ0) is 8.72. The number of rotatable bonds is 0. The van der Waals surface area contributed by atoms with Crippen molar-refractivity contribution in [3.63, 3.8) is 0 Å². The molecule has 0 atom stereocenters. The first-order valence-electron chi connectivity index (χ1n) is 3.78. The first-order chi connectivity index (χ1) is 5.70. The van der Waals surface area contributed by atoms with Crippen LogP contribution in [0.1, 0.15) is 5.56 Å². The fraction of sp³-hybridized carbons (Fsp3) is 0.222. The van der Waals surface area contributed by atoms with Gasteiger partial charge in [-0.2, -0.15) is 4.39 Å². The lowest BCUT2D eigenvalue weighted by atomic mass is 10.1. The minimum absolute atomic E-state index is 0.384. The van der Waals surface area contributed by atoms with Crippen LogP contribution in [0.2, 0.25) is 0 Å². The molecule has 1 heterocycles. The summed E-state index contributed by atoms with van der Waals surface area (Å²) in [5.74, 6) is -0.384. The summed E-state index contributed by atoms with van der Waals surface area (Å²) in [6.45, 7) is 1.88. The number of hydrogen-bond acceptors (Lipinski definition) is 1. The molecule has 1 aromatic carbocycles. The number of fused-ring (bicyclic) bond motifs is 1. The van der Waals surface area contributed by atoms with Crippen molar-refractivity contribution >= 4 is 10.9 Å². The molecule has 3 heteroatoms. The molecule has 0 radical (unpaired) electrons. The zero-order valence-electron chi connectivity index (χ0n) is 7.00. The maximum Gasteiger partial charge on any atom is 0.240 e. The van der Waals surface area contributed by atoms with Crippen molar-refractivity contribution in [2.75, 3.05) is 0 Å². The molecule has 0 fully saturated rings. The predicted molar refractivity (Wildman–Crippen MR) is 45.4 cm³/mol. The van der Waals surface area contributed by atoms with Crippen molar-refractivity contribution in [2.45, 2.75) is 6.92 Å². The monoisotopic (exact) mass is 164 g/mol. The van der Waals surface area contributed by atoms with Crippen molar-refractivity contribution < 1.29 is 4.39 Å². The van der Waals surface area contributed by atoms with Gasteiger partial charge in [-0.1, -0.05) is 12.1 Å². The molecule has 0 aliphatic carbocycles. The van der Waals surface area contributed by atoms with Gasteiger partial charge in [0.05, 0.1) is 10.9 Å². The molecule has 1 aromatic heterocycles. The predicted octanol–water partition coefficient (Wildman–Crippen LogP) is 2.02. The van der Waals surface area contributed by atoms with Gasteiger partial charge in [-0.05, 0) is 18.6 Å². The Balaban J connectivity index is 2.99. The third kappa shape index (κ3) is 0.826. The largest absolute Gasteiger partial charge is 0.265 e.